The first-order valence-electron chi connectivity index (χ1n) is 5.01. The number of hydrogen-bond donors (Lipinski definition) is 3. The van der Waals surface area contributed by atoms with Crippen LogP contribution in [0.3, 0.4) is 0 Å². The Bertz CT molecular complexity index is 534. The van der Waals surface area contributed by atoms with Crippen LogP contribution in [-0.2, 0) is 9.59 Å². The largest absolute Gasteiger partial charge is 0.481 e. The molecule has 0 saturated heterocycles. The van der Waals surface area contributed by atoms with E-state index in [2.05, 4.69) is 5.32 Å². The molecule has 0 bridgehead atoms. The van der Waals surface area contributed by atoms with E-state index in [4.69, 9.17) is 10.2 Å². The van der Waals surface area contributed by atoms with Crippen LogP contribution in [0.15, 0.2) is 18.2 Å². The van der Waals surface area contributed by atoms with Crippen LogP contribution in [0, 0.1) is 9.39 Å². The maximum Gasteiger partial charge on any atom is 0.326 e. The Kier molecular flexibility index (Phi) is 5.21. The molecule has 1 aromatic rings. The number of nitrogens with one attached hydrogen (secondary N) is 1. The molecule has 0 heterocycles. The molecular weight excluding hydrogens is 372 g/mol. The second kappa shape index (κ2) is 6.45. The summed E-state index contributed by atoms with van der Waals surface area (Å²) < 4.78 is 13.2. The van der Waals surface area contributed by atoms with Crippen molar-refractivity contribution in [3.63, 3.8) is 0 Å². The number of aliphatic carboxylic acids is 2. The Morgan fingerprint density at radius 1 is 1.32 bits per heavy atom. The third-order valence-corrected chi connectivity index (χ3v) is 3.05. The zero-order valence-corrected chi connectivity index (χ0v) is 11.5. The molecule has 0 aliphatic carbocycles. The predicted octanol–water partition coefficient (Wildman–Crippen LogP) is 1.09. The van der Waals surface area contributed by atoms with E-state index in [0.717, 1.165) is 12.1 Å². The number of hydrogen-bond acceptors (Lipinski definition) is 3. The van der Waals surface area contributed by atoms with Gasteiger partial charge in [-0.3, -0.25) is 9.59 Å². The van der Waals surface area contributed by atoms with Crippen molar-refractivity contribution in [1.82, 2.24) is 5.32 Å². The molecule has 0 aromatic heterocycles. The van der Waals surface area contributed by atoms with Crippen molar-refractivity contribution in [3.05, 3.63) is 33.1 Å². The molecule has 0 unspecified atom stereocenters. The zero-order chi connectivity index (χ0) is 14.6. The zero-order valence-electron chi connectivity index (χ0n) is 9.39. The lowest BCUT2D eigenvalue weighted by molar-refractivity contribution is -0.145. The highest BCUT2D eigenvalue weighted by atomic mass is 127. The average Bonchev–Trinajstić information content (AvgIpc) is 2.26. The highest BCUT2D eigenvalue weighted by molar-refractivity contribution is 14.1. The first-order valence-corrected chi connectivity index (χ1v) is 6.09. The smallest absolute Gasteiger partial charge is 0.326 e. The summed E-state index contributed by atoms with van der Waals surface area (Å²) in [6.45, 7) is 0. The van der Waals surface area contributed by atoms with Crippen molar-refractivity contribution in [2.24, 2.45) is 0 Å². The third kappa shape index (κ3) is 4.47. The highest BCUT2D eigenvalue weighted by Gasteiger charge is 2.24. The summed E-state index contributed by atoms with van der Waals surface area (Å²) >= 11 is 1.73. The van der Waals surface area contributed by atoms with E-state index in [-0.39, 0.29) is 5.56 Å². The number of carboxylic acid groups (broad SMARTS) is 2. The molecule has 1 rings (SSSR count). The van der Waals surface area contributed by atoms with Crippen LogP contribution >= 0.6 is 22.6 Å². The van der Waals surface area contributed by atoms with Crippen molar-refractivity contribution in [2.75, 3.05) is 0 Å². The first kappa shape index (κ1) is 15.3. The van der Waals surface area contributed by atoms with E-state index >= 15 is 0 Å². The topological polar surface area (TPSA) is 104 Å². The normalized spacial score (nSPS) is 11.7. The minimum absolute atomic E-state index is 0.0821. The van der Waals surface area contributed by atoms with Crippen LogP contribution in [-0.4, -0.2) is 34.1 Å². The van der Waals surface area contributed by atoms with Crippen LogP contribution in [0.2, 0.25) is 0 Å². The molecule has 6 nitrogen and oxygen atoms in total. The molecule has 1 aromatic carbocycles. The Morgan fingerprint density at radius 3 is 2.42 bits per heavy atom. The lowest BCUT2D eigenvalue weighted by Gasteiger charge is -2.13. The van der Waals surface area contributed by atoms with E-state index in [1.54, 1.807) is 22.6 Å². The molecule has 102 valence electrons. The number of amides is 1. The van der Waals surface area contributed by atoms with E-state index in [0.29, 0.717) is 3.57 Å². The monoisotopic (exact) mass is 381 g/mol. The van der Waals surface area contributed by atoms with Gasteiger partial charge in [0.2, 0.25) is 0 Å². The first-order chi connectivity index (χ1) is 8.81. The lowest BCUT2D eigenvalue weighted by Crippen LogP contribution is -2.42. The van der Waals surface area contributed by atoms with Crippen LogP contribution in [0.25, 0.3) is 0 Å². The average molecular weight is 381 g/mol. The van der Waals surface area contributed by atoms with E-state index in [9.17, 15) is 18.8 Å². The highest BCUT2D eigenvalue weighted by Crippen LogP contribution is 2.14. The second-order valence-corrected chi connectivity index (χ2v) is 4.75. The van der Waals surface area contributed by atoms with Gasteiger partial charge >= 0.3 is 11.9 Å². The SMILES string of the molecule is O=C(O)C[C@H](NC(=O)c1ccc(F)cc1I)C(=O)O. The second-order valence-electron chi connectivity index (χ2n) is 3.59. The summed E-state index contributed by atoms with van der Waals surface area (Å²) in [4.78, 5) is 33.1. The molecule has 0 aliphatic heterocycles. The van der Waals surface area contributed by atoms with Gasteiger partial charge in [0.25, 0.3) is 5.91 Å². The Hall–Kier alpha value is -1.71. The fourth-order valence-corrected chi connectivity index (χ4v) is 2.01. The van der Waals surface area contributed by atoms with Gasteiger partial charge in [-0.25, -0.2) is 9.18 Å². The van der Waals surface area contributed by atoms with Crippen molar-refractivity contribution in [2.45, 2.75) is 12.5 Å². The molecule has 8 heteroatoms. The number of carboxylic acids is 2. The summed E-state index contributed by atoms with van der Waals surface area (Å²) in [6, 6.07) is 1.84. The molecular formula is C11H9FINO5. The number of carbonyl (C=O) groups excluding carboxylic acids is 1. The summed E-state index contributed by atoms with van der Waals surface area (Å²) in [7, 11) is 0. The van der Waals surface area contributed by atoms with Crippen molar-refractivity contribution in [1.29, 1.82) is 0 Å². The molecule has 1 amide bonds. The molecule has 0 saturated carbocycles. The van der Waals surface area contributed by atoms with Gasteiger partial charge < -0.3 is 15.5 Å². The minimum atomic E-state index is -1.54. The molecule has 0 aliphatic rings. The fraction of sp³-hybridized carbons (Fsp3) is 0.182. The minimum Gasteiger partial charge on any atom is -0.481 e. The number of rotatable bonds is 5. The molecule has 0 spiro atoms. The third-order valence-electron chi connectivity index (χ3n) is 2.16. The van der Waals surface area contributed by atoms with E-state index in [1.807, 2.05) is 0 Å². The summed E-state index contributed by atoms with van der Waals surface area (Å²) in [5.74, 6) is -4.09. The van der Waals surface area contributed by atoms with E-state index < -0.39 is 36.1 Å². The molecule has 1 atom stereocenters. The maximum absolute atomic E-state index is 12.9. The Morgan fingerprint density at radius 2 is 1.95 bits per heavy atom. The van der Waals surface area contributed by atoms with Gasteiger partial charge in [-0.05, 0) is 40.8 Å². The molecule has 0 fully saturated rings. The van der Waals surface area contributed by atoms with E-state index in [1.165, 1.54) is 6.07 Å². The Balaban J connectivity index is 2.87. The number of benzene rings is 1. The molecule has 19 heavy (non-hydrogen) atoms. The van der Waals surface area contributed by atoms with Gasteiger partial charge in [0.1, 0.15) is 11.9 Å². The van der Waals surface area contributed by atoms with Gasteiger partial charge in [-0.1, -0.05) is 0 Å². The van der Waals surface area contributed by atoms with Gasteiger partial charge in [0.05, 0.1) is 12.0 Å². The predicted molar refractivity (Wildman–Crippen MR) is 70.3 cm³/mol. The summed E-state index contributed by atoms with van der Waals surface area (Å²) in [6.07, 6.45) is -0.737. The van der Waals surface area contributed by atoms with Crippen LogP contribution in [0.4, 0.5) is 4.39 Å². The summed E-state index contributed by atoms with van der Waals surface area (Å²) in [5.41, 5.74) is 0.0821. The van der Waals surface area contributed by atoms with Gasteiger partial charge in [-0.2, -0.15) is 0 Å². The standard InChI is InChI=1S/C11H9FINO5/c12-5-1-2-6(7(13)3-5)10(17)14-8(11(18)19)4-9(15)16/h1-3,8H,4H2,(H,14,17)(H,15,16)(H,18,19)/t8-/m0/s1. The quantitative estimate of drug-likeness (QED) is 0.663. The van der Waals surface area contributed by atoms with Crippen molar-refractivity contribution >= 4 is 40.4 Å². The van der Waals surface area contributed by atoms with Gasteiger partial charge in [0, 0.05) is 3.57 Å². The van der Waals surface area contributed by atoms with Crippen molar-refractivity contribution < 1.29 is 29.0 Å². The van der Waals surface area contributed by atoms with Crippen LogP contribution in [0.1, 0.15) is 16.8 Å². The van der Waals surface area contributed by atoms with Crippen molar-refractivity contribution in [3.8, 4) is 0 Å². The number of carbonyl (C=O) groups is 3. The maximum atomic E-state index is 12.9. The number of halogens is 2. The lowest BCUT2D eigenvalue weighted by atomic mass is 10.1. The molecule has 0 radical (unpaired) electrons. The van der Waals surface area contributed by atoms with Gasteiger partial charge in [-0.15, -0.1) is 0 Å². The van der Waals surface area contributed by atoms with Gasteiger partial charge in [0.15, 0.2) is 0 Å². The van der Waals surface area contributed by atoms with Crippen LogP contribution < -0.4 is 5.32 Å². The Labute approximate surface area is 120 Å². The molecule has 3 N–H and O–H groups in total. The van der Waals surface area contributed by atoms with Crippen LogP contribution in [0.5, 0.6) is 0 Å². The summed E-state index contributed by atoms with van der Waals surface area (Å²) in [5, 5.41) is 19.4. The fourth-order valence-electron chi connectivity index (χ4n) is 1.28.